The second kappa shape index (κ2) is 12.7. The van der Waals surface area contributed by atoms with E-state index in [0.717, 1.165) is 27.3 Å². The van der Waals surface area contributed by atoms with E-state index in [0.29, 0.717) is 37.1 Å². The highest BCUT2D eigenvalue weighted by Gasteiger charge is 2.33. The van der Waals surface area contributed by atoms with E-state index in [9.17, 15) is 9.59 Å². The first-order valence-corrected chi connectivity index (χ1v) is 15.9. The summed E-state index contributed by atoms with van der Waals surface area (Å²) in [6.45, 7) is 4.01. The fourth-order valence-electron chi connectivity index (χ4n) is 5.10. The van der Waals surface area contributed by atoms with Gasteiger partial charge in [-0.25, -0.2) is 4.99 Å². The fraction of sp³-hybridized carbons (Fsp3) is 0.147. The van der Waals surface area contributed by atoms with Crippen LogP contribution >= 0.6 is 34.3 Å². The molecule has 0 bridgehead atoms. The van der Waals surface area contributed by atoms with Gasteiger partial charge in [-0.2, -0.15) is 0 Å². The lowest BCUT2D eigenvalue weighted by atomic mass is 10.0. The van der Waals surface area contributed by atoms with Crippen molar-refractivity contribution in [2.75, 3.05) is 12.4 Å². The summed E-state index contributed by atoms with van der Waals surface area (Å²) < 4.78 is 13.7. The molecule has 0 aliphatic carbocycles. The number of para-hydroxylation sites is 1. The van der Waals surface area contributed by atoms with Crippen molar-refractivity contribution in [3.63, 3.8) is 0 Å². The number of amides is 1. The first kappa shape index (κ1) is 29.6. The molecule has 0 unspecified atom stereocenters. The maximum atomic E-state index is 14.0. The molecular formula is C34H28ClN3O4S2. The number of hydrogen-bond acceptors (Lipinski definition) is 7. The van der Waals surface area contributed by atoms with Gasteiger partial charge in [-0.3, -0.25) is 14.2 Å². The van der Waals surface area contributed by atoms with Gasteiger partial charge in [-0.05, 0) is 78.9 Å². The molecule has 3 aromatic carbocycles. The highest BCUT2D eigenvalue weighted by Crippen LogP contribution is 2.33. The third-order valence-corrected chi connectivity index (χ3v) is 9.41. The van der Waals surface area contributed by atoms with Crippen molar-refractivity contribution >= 4 is 51.9 Å². The zero-order valence-electron chi connectivity index (χ0n) is 24.2. The third kappa shape index (κ3) is 5.99. The Morgan fingerprint density at radius 2 is 1.91 bits per heavy atom. The van der Waals surface area contributed by atoms with Gasteiger partial charge in [0, 0.05) is 21.2 Å². The number of halogens is 1. The predicted molar refractivity (Wildman–Crippen MR) is 177 cm³/mol. The number of thiazole rings is 1. The van der Waals surface area contributed by atoms with Gasteiger partial charge in [-0.1, -0.05) is 59.3 Å². The van der Waals surface area contributed by atoms with Crippen molar-refractivity contribution in [3.8, 4) is 11.5 Å². The van der Waals surface area contributed by atoms with Crippen LogP contribution in [0.2, 0.25) is 5.02 Å². The van der Waals surface area contributed by atoms with E-state index in [1.165, 1.54) is 22.7 Å². The number of aromatic nitrogens is 1. The number of ether oxygens (including phenoxy) is 2. The van der Waals surface area contributed by atoms with Gasteiger partial charge in [0.15, 0.2) is 4.80 Å². The van der Waals surface area contributed by atoms with E-state index in [1.807, 2.05) is 92.0 Å². The Balaban J connectivity index is 1.38. The second-order valence-corrected chi connectivity index (χ2v) is 12.6. The largest absolute Gasteiger partial charge is 0.496 e. The Labute approximate surface area is 267 Å². The van der Waals surface area contributed by atoms with Crippen molar-refractivity contribution < 1.29 is 14.3 Å². The molecule has 2 aromatic heterocycles. The van der Waals surface area contributed by atoms with Crippen LogP contribution in [0.5, 0.6) is 11.5 Å². The molecule has 44 heavy (non-hydrogen) atoms. The molecule has 0 fully saturated rings. The molecule has 0 saturated carbocycles. The number of carbonyl (C=O) groups excluding carboxylic acids is 1. The van der Waals surface area contributed by atoms with Crippen LogP contribution in [0.25, 0.3) is 6.08 Å². The van der Waals surface area contributed by atoms with Crippen LogP contribution < -0.4 is 29.7 Å². The highest BCUT2D eigenvalue weighted by molar-refractivity contribution is 7.10. The molecule has 1 aliphatic heterocycles. The van der Waals surface area contributed by atoms with Gasteiger partial charge in [-0.15, -0.1) is 11.3 Å². The van der Waals surface area contributed by atoms with Crippen LogP contribution in [0.4, 0.5) is 5.69 Å². The van der Waals surface area contributed by atoms with Crippen LogP contribution in [0, 0.1) is 6.92 Å². The van der Waals surface area contributed by atoms with Crippen molar-refractivity contribution in [2.24, 2.45) is 4.99 Å². The summed E-state index contributed by atoms with van der Waals surface area (Å²) in [5.74, 6) is 1.03. The summed E-state index contributed by atoms with van der Waals surface area (Å²) in [6, 6.07) is 23.8. The monoisotopic (exact) mass is 641 g/mol. The van der Waals surface area contributed by atoms with E-state index < -0.39 is 6.04 Å². The van der Waals surface area contributed by atoms with Crippen LogP contribution in [0.15, 0.2) is 105 Å². The number of aryl methyl sites for hydroxylation is 1. The molecular weight excluding hydrogens is 614 g/mol. The zero-order valence-corrected chi connectivity index (χ0v) is 26.6. The number of allylic oxidation sites excluding steroid dienone is 1. The Kier molecular flexibility index (Phi) is 8.52. The van der Waals surface area contributed by atoms with E-state index >= 15 is 0 Å². The van der Waals surface area contributed by atoms with Crippen molar-refractivity contribution in [3.05, 3.63) is 142 Å². The Bertz CT molecular complexity index is 2080. The standard InChI is InChI=1S/C34H28ClN3O4S2/c1-20-8-4-5-11-26(20)37-32(39)30-21(2)36-34-38(31(30)28-12-7-15-43-28)33(40)29(44-34)17-22-13-14-27(41-3)23(16-22)19-42-25-10-6-9-24(35)18-25/h4-18,31H,19H2,1-3H3,(H,37,39)/t31-/m0/s1. The average Bonchev–Trinajstić information content (AvgIpc) is 3.65. The normalized spacial score (nSPS) is 14.6. The number of fused-ring (bicyclic) bond motifs is 1. The topological polar surface area (TPSA) is 81.9 Å². The number of benzene rings is 3. The van der Waals surface area contributed by atoms with Crippen LogP contribution in [-0.4, -0.2) is 17.6 Å². The maximum Gasteiger partial charge on any atom is 0.271 e. The summed E-state index contributed by atoms with van der Waals surface area (Å²) in [6.07, 6.45) is 1.84. The number of carbonyl (C=O) groups is 1. The number of anilines is 1. The maximum absolute atomic E-state index is 14.0. The predicted octanol–water partition coefficient (Wildman–Crippen LogP) is 6.48. The molecule has 1 atom stereocenters. The van der Waals surface area contributed by atoms with Crippen LogP contribution in [-0.2, 0) is 11.4 Å². The fourth-order valence-corrected chi connectivity index (χ4v) is 7.15. The molecule has 3 heterocycles. The Hall–Kier alpha value is -4.44. The Morgan fingerprint density at radius 1 is 1.07 bits per heavy atom. The molecule has 10 heteroatoms. The number of rotatable bonds is 8. The molecule has 5 aromatic rings. The lowest BCUT2D eigenvalue weighted by molar-refractivity contribution is -0.113. The molecule has 1 N–H and O–H groups in total. The van der Waals surface area contributed by atoms with Gasteiger partial charge in [0.25, 0.3) is 11.5 Å². The molecule has 0 saturated heterocycles. The summed E-state index contributed by atoms with van der Waals surface area (Å²) in [4.78, 5) is 34.0. The number of nitrogens with one attached hydrogen (secondary N) is 1. The van der Waals surface area contributed by atoms with Crippen LogP contribution in [0.3, 0.4) is 0 Å². The number of thiophene rings is 1. The van der Waals surface area contributed by atoms with Gasteiger partial charge in [0.2, 0.25) is 0 Å². The minimum absolute atomic E-state index is 0.214. The second-order valence-electron chi connectivity index (χ2n) is 10.2. The van der Waals surface area contributed by atoms with Gasteiger partial charge < -0.3 is 14.8 Å². The van der Waals surface area contributed by atoms with E-state index in [4.69, 9.17) is 26.1 Å². The van der Waals surface area contributed by atoms with Gasteiger partial charge in [0.1, 0.15) is 24.1 Å². The molecule has 1 aliphatic rings. The summed E-state index contributed by atoms with van der Waals surface area (Å²) in [7, 11) is 1.61. The lowest BCUT2D eigenvalue weighted by Gasteiger charge is -2.24. The lowest BCUT2D eigenvalue weighted by Crippen LogP contribution is -2.40. The van der Waals surface area contributed by atoms with Crippen molar-refractivity contribution in [1.82, 2.24) is 4.57 Å². The first-order valence-electron chi connectivity index (χ1n) is 13.8. The van der Waals surface area contributed by atoms with Crippen LogP contribution in [0.1, 0.15) is 34.5 Å². The molecule has 0 spiro atoms. The summed E-state index contributed by atoms with van der Waals surface area (Å²) in [5.41, 5.74) is 4.09. The smallest absolute Gasteiger partial charge is 0.271 e. The molecule has 0 radical (unpaired) electrons. The molecule has 6 rings (SSSR count). The van der Waals surface area contributed by atoms with Gasteiger partial charge in [0.05, 0.1) is 22.9 Å². The highest BCUT2D eigenvalue weighted by atomic mass is 35.5. The van der Waals surface area contributed by atoms with E-state index in [2.05, 4.69) is 5.32 Å². The number of hydrogen-bond donors (Lipinski definition) is 1. The third-order valence-electron chi connectivity index (χ3n) is 7.26. The summed E-state index contributed by atoms with van der Waals surface area (Å²) >= 11 is 8.91. The van der Waals surface area contributed by atoms with E-state index in [1.54, 1.807) is 23.8 Å². The van der Waals surface area contributed by atoms with E-state index in [-0.39, 0.29) is 18.1 Å². The van der Waals surface area contributed by atoms with Crippen molar-refractivity contribution in [2.45, 2.75) is 26.5 Å². The average molecular weight is 642 g/mol. The molecule has 1 amide bonds. The van der Waals surface area contributed by atoms with Gasteiger partial charge >= 0.3 is 0 Å². The summed E-state index contributed by atoms with van der Waals surface area (Å²) in [5, 5.41) is 5.57. The number of nitrogens with zero attached hydrogens (tertiary/aromatic N) is 2. The Morgan fingerprint density at radius 3 is 2.66 bits per heavy atom. The molecule has 7 nitrogen and oxygen atoms in total. The number of methoxy groups -OCH3 is 1. The quantitative estimate of drug-likeness (QED) is 0.210. The minimum atomic E-state index is -0.602. The molecule has 222 valence electrons. The SMILES string of the molecule is COc1ccc(C=c2sc3n(c2=O)[C@@H](c2cccs2)C(C(=O)Nc2ccccc2C)=C(C)N=3)cc1COc1cccc(Cl)c1. The zero-order chi connectivity index (χ0) is 30.8. The first-order chi connectivity index (χ1) is 21.3. The van der Waals surface area contributed by atoms with Crippen molar-refractivity contribution in [1.29, 1.82) is 0 Å². The minimum Gasteiger partial charge on any atom is -0.496 e.